The predicted octanol–water partition coefficient (Wildman–Crippen LogP) is -0.330. The Morgan fingerprint density at radius 2 is 2.30 bits per heavy atom. The van der Waals surface area contributed by atoms with E-state index in [-0.39, 0.29) is 6.61 Å². The van der Waals surface area contributed by atoms with Crippen molar-refractivity contribution in [2.75, 3.05) is 6.61 Å². The summed E-state index contributed by atoms with van der Waals surface area (Å²) in [6, 6.07) is 0. The normalized spacial score (nSPS) is 37.2. The summed E-state index contributed by atoms with van der Waals surface area (Å²) in [6.07, 6.45) is 4.97. The third-order valence-corrected chi connectivity index (χ3v) is 2.05. The lowest BCUT2D eigenvalue weighted by molar-refractivity contribution is 0.183. The van der Waals surface area contributed by atoms with Crippen molar-refractivity contribution in [1.82, 2.24) is 0 Å². The molecule has 0 radical (unpaired) electrons. The minimum Gasteiger partial charge on any atom is -0.244 e. The van der Waals surface area contributed by atoms with E-state index in [1.165, 1.54) is 6.92 Å². The average molecular weight is 162 g/mol. The van der Waals surface area contributed by atoms with Crippen LogP contribution in [0.25, 0.3) is 0 Å². The molecule has 1 heterocycles. The molecule has 0 bridgehead atoms. The number of rotatable bonds is 0. The molecule has 5 heteroatoms. The maximum absolute atomic E-state index is 10.5. The van der Waals surface area contributed by atoms with Gasteiger partial charge in [-0.05, 0) is 6.92 Å². The van der Waals surface area contributed by atoms with Crippen LogP contribution in [0.3, 0.4) is 0 Å². The van der Waals surface area contributed by atoms with Gasteiger partial charge in [0.05, 0.1) is 0 Å². The highest BCUT2D eigenvalue weighted by atomic mass is 32.3. The predicted molar refractivity (Wildman–Crippen MR) is 33.2 cm³/mol. The van der Waals surface area contributed by atoms with E-state index >= 15 is 0 Å². The molecule has 1 unspecified atom stereocenters. The minimum absolute atomic E-state index is 0.105. The summed E-state index contributed by atoms with van der Waals surface area (Å²) < 4.78 is 29.6. The molecule has 1 aliphatic rings. The molecular weight excluding hydrogens is 156 g/mol. The van der Waals surface area contributed by atoms with Crippen molar-refractivity contribution in [1.29, 1.82) is 0 Å². The zero-order valence-electron chi connectivity index (χ0n) is 5.33. The highest BCUT2D eigenvalue weighted by Crippen LogP contribution is 2.22. The van der Waals surface area contributed by atoms with Crippen molar-refractivity contribution >= 4 is 10.4 Å². The standard InChI is InChI=1S/C5H6O4S/c1-3-5(2)4-8-10(6,7)9-5/h1H,4H2,2H3. The lowest BCUT2D eigenvalue weighted by Gasteiger charge is -2.07. The first-order valence-electron chi connectivity index (χ1n) is 2.55. The zero-order chi connectivity index (χ0) is 7.83. The highest BCUT2D eigenvalue weighted by Gasteiger charge is 2.39. The fourth-order valence-electron chi connectivity index (χ4n) is 0.524. The first-order chi connectivity index (χ1) is 4.47. The number of terminal acetylenes is 1. The largest absolute Gasteiger partial charge is 0.401 e. The van der Waals surface area contributed by atoms with Gasteiger partial charge in [-0.3, -0.25) is 0 Å². The van der Waals surface area contributed by atoms with Crippen molar-refractivity contribution in [3.05, 3.63) is 0 Å². The van der Waals surface area contributed by atoms with Crippen molar-refractivity contribution in [3.63, 3.8) is 0 Å². The van der Waals surface area contributed by atoms with Crippen molar-refractivity contribution < 1.29 is 16.8 Å². The summed E-state index contributed by atoms with van der Waals surface area (Å²) in [6.45, 7) is 1.36. The Hall–Kier alpha value is -0.570. The maximum atomic E-state index is 10.5. The van der Waals surface area contributed by atoms with E-state index in [0.717, 1.165) is 0 Å². The fourth-order valence-corrected chi connectivity index (χ4v) is 1.49. The number of hydrogen-bond acceptors (Lipinski definition) is 4. The molecule has 0 saturated carbocycles. The Morgan fingerprint density at radius 1 is 1.70 bits per heavy atom. The van der Waals surface area contributed by atoms with Gasteiger partial charge in [0.15, 0.2) is 5.60 Å². The summed E-state index contributed by atoms with van der Waals surface area (Å²) in [4.78, 5) is 0. The van der Waals surface area contributed by atoms with Gasteiger partial charge in [-0.2, -0.15) is 8.42 Å². The Morgan fingerprint density at radius 3 is 2.50 bits per heavy atom. The van der Waals surface area contributed by atoms with Gasteiger partial charge in [0.2, 0.25) is 0 Å². The third-order valence-electron chi connectivity index (χ3n) is 1.07. The van der Waals surface area contributed by atoms with Gasteiger partial charge in [-0.1, -0.05) is 5.92 Å². The van der Waals surface area contributed by atoms with Crippen LogP contribution in [0.2, 0.25) is 0 Å². The topological polar surface area (TPSA) is 52.6 Å². The van der Waals surface area contributed by atoms with E-state index < -0.39 is 16.0 Å². The molecular formula is C5H6O4S. The lowest BCUT2D eigenvalue weighted by atomic mass is 10.1. The van der Waals surface area contributed by atoms with Gasteiger partial charge < -0.3 is 0 Å². The molecule has 56 valence electrons. The molecule has 0 aromatic rings. The molecule has 0 spiro atoms. The summed E-state index contributed by atoms with van der Waals surface area (Å²) in [5.41, 5.74) is -1.11. The second-order valence-electron chi connectivity index (χ2n) is 2.13. The number of hydrogen-bond donors (Lipinski definition) is 0. The summed E-state index contributed by atoms with van der Waals surface area (Å²) in [5.74, 6) is 2.17. The lowest BCUT2D eigenvalue weighted by Crippen LogP contribution is -2.24. The van der Waals surface area contributed by atoms with Crippen LogP contribution in [-0.2, 0) is 18.8 Å². The molecule has 0 aromatic heterocycles. The molecule has 1 atom stereocenters. The molecule has 1 fully saturated rings. The van der Waals surface area contributed by atoms with Crippen LogP contribution in [0.5, 0.6) is 0 Å². The van der Waals surface area contributed by atoms with Crippen LogP contribution < -0.4 is 0 Å². The highest BCUT2D eigenvalue weighted by molar-refractivity contribution is 7.82. The SMILES string of the molecule is C#CC1(C)COS(=O)(=O)O1. The summed E-state index contributed by atoms with van der Waals surface area (Å²) in [5, 5.41) is 0. The van der Waals surface area contributed by atoms with Crippen LogP contribution in [0.4, 0.5) is 0 Å². The first kappa shape index (κ1) is 7.54. The second kappa shape index (κ2) is 1.95. The second-order valence-corrected chi connectivity index (χ2v) is 3.35. The van der Waals surface area contributed by atoms with E-state index in [0.29, 0.717) is 0 Å². The minimum atomic E-state index is -3.81. The molecule has 4 nitrogen and oxygen atoms in total. The first-order valence-corrected chi connectivity index (χ1v) is 3.89. The van der Waals surface area contributed by atoms with Crippen LogP contribution in [0, 0.1) is 12.3 Å². The van der Waals surface area contributed by atoms with Crippen LogP contribution in [-0.4, -0.2) is 20.6 Å². The average Bonchev–Trinajstić information content (AvgIpc) is 2.08. The molecule has 10 heavy (non-hydrogen) atoms. The van der Waals surface area contributed by atoms with Crippen LogP contribution >= 0.6 is 0 Å². The van der Waals surface area contributed by atoms with E-state index in [9.17, 15) is 8.42 Å². The quantitative estimate of drug-likeness (QED) is 0.458. The van der Waals surface area contributed by atoms with Gasteiger partial charge in [0.25, 0.3) is 0 Å². The van der Waals surface area contributed by atoms with Gasteiger partial charge in [0.1, 0.15) is 6.61 Å². The Kier molecular flexibility index (Phi) is 1.47. The molecule has 0 aliphatic carbocycles. The van der Waals surface area contributed by atoms with E-state index in [1.54, 1.807) is 0 Å². The van der Waals surface area contributed by atoms with Gasteiger partial charge in [-0.15, -0.1) is 6.42 Å². The van der Waals surface area contributed by atoms with Gasteiger partial charge in [-0.25, -0.2) is 8.37 Å². The van der Waals surface area contributed by atoms with Crippen molar-refractivity contribution in [2.24, 2.45) is 0 Å². The monoisotopic (exact) mass is 162 g/mol. The van der Waals surface area contributed by atoms with Gasteiger partial charge >= 0.3 is 10.4 Å². The molecule has 0 amide bonds. The summed E-state index contributed by atoms with van der Waals surface area (Å²) >= 11 is 0. The molecule has 1 saturated heterocycles. The zero-order valence-corrected chi connectivity index (χ0v) is 6.14. The third kappa shape index (κ3) is 1.29. The smallest absolute Gasteiger partial charge is 0.244 e. The Bertz CT molecular complexity index is 273. The van der Waals surface area contributed by atoms with Crippen molar-refractivity contribution in [3.8, 4) is 12.3 Å². The summed E-state index contributed by atoms with van der Waals surface area (Å²) in [7, 11) is -3.81. The maximum Gasteiger partial charge on any atom is 0.401 e. The fraction of sp³-hybridized carbons (Fsp3) is 0.600. The van der Waals surface area contributed by atoms with Gasteiger partial charge in [0, 0.05) is 0 Å². The Labute approximate surface area is 59.5 Å². The van der Waals surface area contributed by atoms with Crippen LogP contribution in [0.15, 0.2) is 0 Å². The van der Waals surface area contributed by atoms with Crippen molar-refractivity contribution in [2.45, 2.75) is 12.5 Å². The van der Waals surface area contributed by atoms with E-state index in [1.807, 2.05) is 0 Å². The molecule has 0 aromatic carbocycles. The Balaban J connectivity index is 2.89. The van der Waals surface area contributed by atoms with Crippen LogP contribution in [0.1, 0.15) is 6.92 Å². The molecule has 1 rings (SSSR count). The molecule has 0 N–H and O–H groups in total. The van der Waals surface area contributed by atoms with E-state index in [4.69, 9.17) is 6.42 Å². The van der Waals surface area contributed by atoms with E-state index in [2.05, 4.69) is 14.3 Å². The molecule has 1 aliphatic heterocycles.